The van der Waals surface area contributed by atoms with Crippen LogP contribution >= 0.6 is 11.3 Å². The normalized spacial score (nSPS) is 17.3. The molecular weight excluding hydrogens is 565 g/mol. The number of rotatable bonds is 10. The maximum absolute atomic E-state index is 14.0. The SMILES string of the molecule is CN(C(=O)CC(CCN1CCCCC1)NC(=O)c1cc(-c2ccccc2C(F)(F)F)n(C2CCCC2)n1)c1nccs1. The number of hydrogen-bond donors (Lipinski definition) is 1. The standard InChI is InChI=1S/C30H37F3N6O2S/c1-37(29-34-14-18-42-29)27(40)19-21(13-17-38-15-7-2-8-16-38)35-28(41)25-20-26(39(36-25)22-9-3-4-10-22)23-11-5-6-12-24(23)30(31,32)33/h5-6,11-12,14,18,20-22H,2-4,7-10,13,15-17,19H2,1H3,(H,35,41). The van der Waals surface area contributed by atoms with E-state index < -0.39 is 23.7 Å². The van der Waals surface area contributed by atoms with Crippen molar-refractivity contribution in [3.63, 3.8) is 0 Å². The van der Waals surface area contributed by atoms with Crippen LogP contribution < -0.4 is 10.2 Å². The quantitative estimate of drug-likeness (QED) is 0.300. The predicted octanol–water partition coefficient (Wildman–Crippen LogP) is 6.17. The highest BCUT2D eigenvalue weighted by atomic mass is 32.1. The van der Waals surface area contributed by atoms with Crippen molar-refractivity contribution in [2.24, 2.45) is 0 Å². The number of aromatic nitrogens is 3. The third kappa shape index (κ3) is 7.20. The number of nitrogens with zero attached hydrogens (tertiary/aromatic N) is 5. The van der Waals surface area contributed by atoms with Gasteiger partial charge in [-0.1, -0.05) is 37.5 Å². The molecule has 1 N–H and O–H groups in total. The minimum Gasteiger partial charge on any atom is -0.347 e. The van der Waals surface area contributed by atoms with E-state index >= 15 is 0 Å². The lowest BCUT2D eigenvalue weighted by Crippen LogP contribution is -2.42. The lowest BCUT2D eigenvalue weighted by atomic mass is 10.0. The number of anilines is 1. The Morgan fingerprint density at radius 1 is 1.12 bits per heavy atom. The predicted molar refractivity (Wildman–Crippen MR) is 156 cm³/mol. The van der Waals surface area contributed by atoms with E-state index in [2.05, 4.69) is 20.3 Å². The first-order valence-electron chi connectivity index (χ1n) is 14.7. The highest BCUT2D eigenvalue weighted by Crippen LogP contribution is 2.40. The summed E-state index contributed by atoms with van der Waals surface area (Å²) in [5.74, 6) is -0.670. The maximum Gasteiger partial charge on any atom is 0.417 e. The van der Waals surface area contributed by atoms with Crippen molar-refractivity contribution in [2.45, 2.75) is 76.0 Å². The first kappa shape index (κ1) is 30.2. The van der Waals surface area contributed by atoms with Crippen molar-refractivity contribution >= 4 is 28.3 Å². The Bertz CT molecular complexity index is 1350. The molecule has 0 bridgehead atoms. The molecule has 3 heterocycles. The molecule has 12 heteroatoms. The first-order valence-corrected chi connectivity index (χ1v) is 15.5. The second-order valence-corrected chi connectivity index (χ2v) is 12.0. The van der Waals surface area contributed by atoms with E-state index in [0.29, 0.717) is 11.6 Å². The van der Waals surface area contributed by atoms with Gasteiger partial charge < -0.3 is 10.2 Å². The molecular formula is C30H37F3N6O2S. The molecule has 5 rings (SSSR count). The highest BCUT2D eigenvalue weighted by molar-refractivity contribution is 7.13. The van der Waals surface area contributed by atoms with Crippen LogP contribution in [0.4, 0.5) is 18.3 Å². The van der Waals surface area contributed by atoms with Crippen LogP contribution in [-0.2, 0) is 11.0 Å². The third-order valence-electron chi connectivity index (χ3n) is 8.23. The Kier molecular flexibility index (Phi) is 9.62. The van der Waals surface area contributed by atoms with Crippen LogP contribution in [0.2, 0.25) is 0 Å². The number of carbonyl (C=O) groups excluding carboxylic acids is 2. The summed E-state index contributed by atoms with van der Waals surface area (Å²) in [4.78, 5) is 34.8. The Morgan fingerprint density at radius 2 is 1.86 bits per heavy atom. The van der Waals surface area contributed by atoms with Gasteiger partial charge in [0.2, 0.25) is 5.91 Å². The molecule has 1 unspecified atom stereocenters. The Morgan fingerprint density at radius 3 is 2.55 bits per heavy atom. The van der Waals surface area contributed by atoms with Crippen LogP contribution in [0.5, 0.6) is 0 Å². The molecule has 42 heavy (non-hydrogen) atoms. The topological polar surface area (TPSA) is 83.4 Å². The minimum absolute atomic E-state index is 0.00495. The zero-order valence-electron chi connectivity index (χ0n) is 23.8. The van der Waals surface area contributed by atoms with Gasteiger partial charge in [-0.15, -0.1) is 11.3 Å². The summed E-state index contributed by atoms with van der Waals surface area (Å²) in [7, 11) is 1.67. The number of thiazole rings is 1. The highest BCUT2D eigenvalue weighted by Gasteiger charge is 2.35. The monoisotopic (exact) mass is 602 g/mol. The first-order chi connectivity index (χ1) is 20.2. The number of carbonyl (C=O) groups is 2. The molecule has 0 spiro atoms. The number of likely N-dealkylation sites (tertiary alicyclic amines) is 1. The summed E-state index contributed by atoms with van der Waals surface area (Å²) in [5.41, 5.74) is -0.418. The van der Waals surface area contributed by atoms with Gasteiger partial charge in [0.15, 0.2) is 10.8 Å². The van der Waals surface area contributed by atoms with Crippen LogP contribution in [0.3, 0.4) is 0 Å². The van der Waals surface area contributed by atoms with Crippen molar-refractivity contribution in [1.82, 2.24) is 25.0 Å². The van der Waals surface area contributed by atoms with Gasteiger partial charge in [-0.25, -0.2) is 4.98 Å². The molecule has 2 aromatic heterocycles. The number of piperidine rings is 1. The molecule has 8 nitrogen and oxygen atoms in total. The maximum atomic E-state index is 14.0. The van der Waals surface area contributed by atoms with E-state index in [1.807, 2.05) is 0 Å². The second-order valence-electron chi connectivity index (χ2n) is 11.2. The molecule has 1 aliphatic carbocycles. The smallest absolute Gasteiger partial charge is 0.347 e. The van der Waals surface area contributed by atoms with E-state index in [1.165, 1.54) is 40.9 Å². The second kappa shape index (κ2) is 13.4. The lowest BCUT2D eigenvalue weighted by molar-refractivity contribution is -0.137. The Labute approximate surface area is 247 Å². The minimum atomic E-state index is -4.55. The van der Waals surface area contributed by atoms with Crippen LogP contribution in [0, 0.1) is 0 Å². The lowest BCUT2D eigenvalue weighted by Gasteiger charge is -2.28. The molecule has 2 fully saturated rings. The molecule has 2 amide bonds. The zero-order chi connectivity index (χ0) is 29.7. The van der Waals surface area contributed by atoms with Crippen molar-refractivity contribution in [1.29, 1.82) is 0 Å². The van der Waals surface area contributed by atoms with Crippen molar-refractivity contribution < 1.29 is 22.8 Å². The summed E-state index contributed by atoms with van der Waals surface area (Å²) in [5, 5.41) is 9.95. The van der Waals surface area contributed by atoms with E-state index in [1.54, 1.807) is 29.4 Å². The van der Waals surface area contributed by atoms with Crippen LogP contribution in [0.15, 0.2) is 41.9 Å². The average Bonchev–Trinajstić information content (AvgIpc) is 3.77. The number of amides is 2. The molecule has 1 saturated carbocycles. The van der Waals surface area contributed by atoms with Gasteiger partial charge in [0, 0.05) is 43.2 Å². The van der Waals surface area contributed by atoms with Crippen molar-refractivity contribution in [3.8, 4) is 11.3 Å². The summed E-state index contributed by atoms with van der Waals surface area (Å²) in [6, 6.07) is 6.33. The molecule has 1 saturated heterocycles. The summed E-state index contributed by atoms with van der Waals surface area (Å²) >= 11 is 1.36. The van der Waals surface area contributed by atoms with Gasteiger partial charge >= 0.3 is 6.18 Å². The summed E-state index contributed by atoms with van der Waals surface area (Å²) < 4.78 is 43.5. The fourth-order valence-corrected chi connectivity index (χ4v) is 6.55. The van der Waals surface area contributed by atoms with Crippen molar-refractivity contribution in [2.75, 3.05) is 31.6 Å². The molecule has 3 aromatic rings. The Hall–Kier alpha value is -3.25. The molecule has 1 atom stereocenters. The summed E-state index contributed by atoms with van der Waals surface area (Å²) in [6.07, 6.45) is 4.68. The number of halogens is 3. The molecule has 1 aliphatic heterocycles. The van der Waals surface area contributed by atoms with Gasteiger partial charge in [-0.2, -0.15) is 18.3 Å². The van der Waals surface area contributed by atoms with Crippen molar-refractivity contribution in [3.05, 3.63) is 53.2 Å². The third-order valence-corrected chi connectivity index (χ3v) is 9.07. The van der Waals surface area contributed by atoms with E-state index in [9.17, 15) is 22.8 Å². The number of alkyl halides is 3. The molecule has 2 aliphatic rings. The van der Waals surface area contributed by atoms with Gasteiger partial charge in [0.1, 0.15) is 0 Å². The van der Waals surface area contributed by atoms with Crippen LogP contribution in [0.1, 0.15) is 79.9 Å². The van der Waals surface area contributed by atoms with E-state index in [-0.39, 0.29) is 35.3 Å². The number of nitrogens with one attached hydrogen (secondary N) is 1. The number of hydrogen-bond acceptors (Lipinski definition) is 6. The zero-order valence-corrected chi connectivity index (χ0v) is 24.6. The van der Waals surface area contributed by atoms with Gasteiger partial charge in [0.05, 0.1) is 17.3 Å². The van der Waals surface area contributed by atoms with Gasteiger partial charge in [-0.05, 0) is 57.3 Å². The fraction of sp³-hybridized carbons (Fsp3) is 0.533. The summed E-state index contributed by atoms with van der Waals surface area (Å²) in [6.45, 7) is 2.71. The molecule has 226 valence electrons. The fourth-order valence-electron chi connectivity index (χ4n) is 5.93. The largest absolute Gasteiger partial charge is 0.417 e. The molecule has 1 aromatic carbocycles. The van der Waals surface area contributed by atoms with Crippen LogP contribution in [-0.4, -0.2) is 64.2 Å². The van der Waals surface area contributed by atoms with Gasteiger partial charge in [0.25, 0.3) is 5.91 Å². The van der Waals surface area contributed by atoms with E-state index in [0.717, 1.165) is 64.2 Å². The molecule has 0 radical (unpaired) electrons. The average molecular weight is 603 g/mol. The van der Waals surface area contributed by atoms with E-state index in [4.69, 9.17) is 0 Å². The Balaban J connectivity index is 1.39. The van der Waals surface area contributed by atoms with Crippen LogP contribution in [0.25, 0.3) is 11.3 Å². The number of benzene rings is 1. The van der Waals surface area contributed by atoms with Gasteiger partial charge in [-0.3, -0.25) is 19.2 Å².